The molecular weight excluding hydrogens is 639 g/mol. The van der Waals surface area contributed by atoms with E-state index in [2.05, 4.69) is 175 Å². The molecule has 0 fully saturated rings. The van der Waals surface area contributed by atoms with Gasteiger partial charge >= 0.3 is 0 Å². The molecule has 3 aliphatic carbocycles. The first-order valence-electron chi connectivity index (χ1n) is 20.0. The average molecular weight is 692 g/mol. The molecule has 0 N–H and O–H groups in total. The molecule has 6 aromatic rings. The van der Waals surface area contributed by atoms with Crippen LogP contribution in [0.25, 0.3) is 33.4 Å². The van der Waals surface area contributed by atoms with Crippen molar-refractivity contribution in [1.82, 2.24) is 0 Å². The van der Waals surface area contributed by atoms with Crippen LogP contribution in [0, 0.1) is 6.92 Å². The molecule has 3 aliphatic rings. The van der Waals surface area contributed by atoms with Crippen molar-refractivity contribution in [2.24, 2.45) is 0 Å². The van der Waals surface area contributed by atoms with Crippen LogP contribution in [0.1, 0.15) is 106 Å². The van der Waals surface area contributed by atoms with E-state index >= 15 is 0 Å². The normalized spacial score (nSPS) is 17.3. The Bertz CT molecular complexity index is 2370. The van der Waals surface area contributed by atoms with Gasteiger partial charge in [-0.3, -0.25) is 0 Å². The number of nitrogens with zero attached hydrogens (tertiary/aromatic N) is 1. The van der Waals surface area contributed by atoms with Gasteiger partial charge < -0.3 is 4.90 Å². The zero-order chi connectivity index (χ0) is 36.7. The van der Waals surface area contributed by atoms with Gasteiger partial charge in [-0.25, -0.2) is 0 Å². The molecule has 0 amide bonds. The van der Waals surface area contributed by atoms with Crippen molar-refractivity contribution in [2.45, 2.75) is 103 Å². The largest absolute Gasteiger partial charge is 0.310 e. The molecule has 0 unspecified atom stereocenters. The Hall–Kier alpha value is -4.88. The topological polar surface area (TPSA) is 3.24 Å². The standard InChI is InChI=1S/C52H53N/c1-34-24-25-37-18-11-12-19-39(37)48(34)42-32-41-40-20-13-14-21-43(40)52(6,7)45(41)33-47(42)53(38-28-26-36(27-29-38)35-16-9-8-10-17-35)46-23-15-22-44-49(46)51(4,5)31-30-50(44,2)3/h8-10,13-17,20-29,32-33H,11-12,18-19,30-31H2,1-7H3. The van der Waals surface area contributed by atoms with Gasteiger partial charge in [0.05, 0.1) is 11.4 Å². The average Bonchev–Trinajstić information content (AvgIpc) is 3.39. The summed E-state index contributed by atoms with van der Waals surface area (Å²) in [5, 5.41) is 0. The quantitative estimate of drug-likeness (QED) is 0.174. The number of hydrogen-bond acceptors (Lipinski definition) is 1. The second kappa shape index (κ2) is 12.3. The predicted molar refractivity (Wildman–Crippen MR) is 226 cm³/mol. The first-order chi connectivity index (χ1) is 25.5. The zero-order valence-corrected chi connectivity index (χ0v) is 32.7. The van der Waals surface area contributed by atoms with E-state index in [1.165, 1.54) is 110 Å². The van der Waals surface area contributed by atoms with Gasteiger partial charge in [-0.15, -0.1) is 0 Å². The third-order valence-corrected chi connectivity index (χ3v) is 13.2. The molecular formula is C52H53N. The Morgan fingerprint density at radius 1 is 0.509 bits per heavy atom. The molecule has 0 heterocycles. The molecule has 0 aliphatic heterocycles. The first-order valence-corrected chi connectivity index (χ1v) is 20.0. The van der Waals surface area contributed by atoms with Crippen molar-refractivity contribution in [3.63, 3.8) is 0 Å². The highest BCUT2D eigenvalue weighted by Gasteiger charge is 2.41. The lowest BCUT2D eigenvalue weighted by atomic mass is 9.62. The molecule has 1 nitrogen and oxygen atoms in total. The van der Waals surface area contributed by atoms with Crippen LogP contribution < -0.4 is 4.90 Å². The number of rotatable bonds is 5. The van der Waals surface area contributed by atoms with E-state index in [-0.39, 0.29) is 16.2 Å². The second-order valence-electron chi connectivity index (χ2n) is 17.9. The summed E-state index contributed by atoms with van der Waals surface area (Å²) in [6.45, 7) is 17.0. The van der Waals surface area contributed by atoms with E-state index in [1.54, 1.807) is 5.56 Å². The van der Waals surface area contributed by atoms with Crippen molar-refractivity contribution >= 4 is 17.1 Å². The van der Waals surface area contributed by atoms with Gasteiger partial charge in [0.1, 0.15) is 0 Å². The van der Waals surface area contributed by atoms with Gasteiger partial charge in [0.15, 0.2) is 0 Å². The fourth-order valence-electron chi connectivity index (χ4n) is 10.2. The Kier molecular flexibility index (Phi) is 7.90. The minimum atomic E-state index is -0.120. The Morgan fingerprint density at radius 3 is 1.98 bits per heavy atom. The van der Waals surface area contributed by atoms with Crippen molar-refractivity contribution in [1.29, 1.82) is 0 Å². The number of anilines is 3. The van der Waals surface area contributed by atoms with Crippen molar-refractivity contribution < 1.29 is 0 Å². The molecule has 0 spiro atoms. The molecule has 0 bridgehead atoms. The minimum absolute atomic E-state index is 0.0257. The van der Waals surface area contributed by atoms with Crippen molar-refractivity contribution in [3.8, 4) is 33.4 Å². The highest BCUT2D eigenvalue weighted by atomic mass is 15.1. The van der Waals surface area contributed by atoms with Gasteiger partial charge in [0, 0.05) is 16.7 Å². The fourth-order valence-corrected chi connectivity index (χ4v) is 10.2. The molecule has 0 saturated heterocycles. The molecule has 1 heteroatoms. The molecule has 266 valence electrons. The molecule has 0 aromatic heterocycles. The summed E-state index contributed by atoms with van der Waals surface area (Å²) >= 11 is 0. The Morgan fingerprint density at radius 2 is 1.19 bits per heavy atom. The third-order valence-electron chi connectivity index (χ3n) is 13.2. The summed E-state index contributed by atoms with van der Waals surface area (Å²) in [7, 11) is 0. The van der Waals surface area contributed by atoms with Crippen LogP contribution in [0.2, 0.25) is 0 Å². The second-order valence-corrected chi connectivity index (χ2v) is 17.9. The first kappa shape index (κ1) is 33.9. The summed E-state index contributed by atoms with van der Waals surface area (Å²) < 4.78 is 0. The van der Waals surface area contributed by atoms with E-state index in [9.17, 15) is 0 Å². The predicted octanol–water partition coefficient (Wildman–Crippen LogP) is 14.3. The van der Waals surface area contributed by atoms with E-state index in [1.807, 2.05) is 0 Å². The SMILES string of the molecule is Cc1ccc2c(c1-c1cc3c(cc1N(c1ccc(-c4ccccc4)cc1)c1cccc4c1C(C)(C)CCC4(C)C)C(C)(C)c1ccccc1-3)CCCC2. The van der Waals surface area contributed by atoms with Crippen LogP contribution in [-0.2, 0) is 29.1 Å². The highest BCUT2D eigenvalue weighted by Crippen LogP contribution is 2.57. The van der Waals surface area contributed by atoms with E-state index in [0.29, 0.717) is 0 Å². The number of fused-ring (bicyclic) bond motifs is 5. The monoisotopic (exact) mass is 691 g/mol. The maximum atomic E-state index is 2.66. The molecule has 0 radical (unpaired) electrons. The van der Waals surface area contributed by atoms with Gasteiger partial charge in [-0.05, 0) is 153 Å². The van der Waals surface area contributed by atoms with Crippen molar-refractivity contribution in [2.75, 3.05) is 4.90 Å². The summed E-state index contributed by atoms with van der Waals surface area (Å²) in [6, 6.07) is 46.4. The van der Waals surface area contributed by atoms with Gasteiger partial charge in [-0.1, -0.05) is 133 Å². The van der Waals surface area contributed by atoms with Crippen LogP contribution in [0.3, 0.4) is 0 Å². The van der Waals surface area contributed by atoms with Gasteiger partial charge in [0.25, 0.3) is 0 Å². The Labute approximate surface area is 317 Å². The smallest absolute Gasteiger partial charge is 0.0543 e. The zero-order valence-electron chi connectivity index (χ0n) is 32.7. The lowest BCUT2D eigenvalue weighted by Crippen LogP contribution is -2.35. The maximum Gasteiger partial charge on any atom is 0.0543 e. The molecule has 9 rings (SSSR count). The van der Waals surface area contributed by atoms with Crippen molar-refractivity contribution in [3.05, 3.63) is 160 Å². The number of benzene rings is 6. The number of aryl methyl sites for hydroxylation is 2. The fraction of sp³-hybridized carbons (Fsp3) is 0.308. The van der Waals surface area contributed by atoms with Crippen LogP contribution >= 0.6 is 0 Å². The summed E-state index contributed by atoms with van der Waals surface area (Å²) in [4.78, 5) is 2.66. The van der Waals surface area contributed by atoms with Gasteiger partial charge in [0.2, 0.25) is 0 Å². The van der Waals surface area contributed by atoms with Crippen LogP contribution in [0.4, 0.5) is 17.1 Å². The lowest BCUT2D eigenvalue weighted by Gasteiger charge is -2.45. The summed E-state index contributed by atoms with van der Waals surface area (Å²) in [6.07, 6.45) is 7.18. The maximum absolute atomic E-state index is 2.66. The molecule has 6 aromatic carbocycles. The highest BCUT2D eigenvalue weighted by molar-refractivity contribution is 5.97. The van der Waals surface area contributed by atoms with E-state index in [4.69, 9.17) is 0 Å². The van der Waals surface area contributed by atoms with E-state index < -0.39 is 0 Å². The number of hydrogen-bond donors (Lipinski definition) is 0. The molecule has 0 saturated carbocycles. The van der Waals surface area contributed by atoms with E-state index in [0.717, 1.165) is 12.8 Å². The van der Waals surface area contributed by atoms with Crippen LogP contribution in [0.5, 0.6) is 0 Å². The minimum Gasteiger partial charge on any atom is -0.310 e. The van der Waals surface area contributed by atoms with Crippen LogP contribution in [0.15, 0.2) is 121 Å². The Balaban J connectivity index is 1.39. The lowest BCUT2D eigenvalue weighted by molar-refractivity contribution is 0.332. The third kappa shape index (κ3) is 5.41. The van der Waals surface area contributed by atoms with Gasteiger partial charge in [-0.2, -0.15) is 0 Å². The summed E-state index contributed by atoms with van der Waals surface area (Å²) in [5.41, 5.74) is 22.1. The molecule has 53 heavy (non-hydrogen) atoms. The van der Waals surface area contributed by atoms with Crippen LogP contribution in [-0.4, -0.2) is 0 Å². The molecule has 0 atom stereocenters. The summed E-state index contributed by atoms with van der Waals surface area (Å²) in [5.74, 6) is 0.